The molecule has 0 unspecified atom stereocenters. The predicted molar refractivity (Wildman–Crippen MR) is 103 cm³/mol. The van der Waals surface area contributed by atoms with Crippen LogP contribution in [0.4, 0.5) is 0 Å². The molecule has 0 N–H and O–H groups in total. The minimum Gasteiger partial charge on any atom is -0.296 e. The largest absolute Gasteiger partial charge is 0.296 e. The fourth-order valence-corrected chi connectivity index (χ4v) is 2.98. The molecule has 3 heterocycles. The van der Waals surface area contributed by atoms with E-state index in [1.54, 1.807) is 12.4 Å². The molecule has 0 spiro atoms. The zero-order valence-corrected chi connectivity index (χ0v) is 15.4. The molecule has 0 saturated carbocycles. The molecule has 0 aliphatic heterocycles. The van der Waals surface area contributed by atoms with Crippen LogP contribution < -0.4 is 0 Å². The van der Waals surface area contributed by atoms with Crippen LogP contribution in [0.2, 0.25) is 0 Å². The van der Waals surface area contributed by atoms with Crippen molar-refractivity contribution >= 4 is 0 Å². The van der Waals surface area contributed by atoms with E-state index in [2.05, 4.69) is 64.2 Å². The molecular weight excluding hydrogens is 322 g/mol. The Morgan fingerprint density at radius 1 is 0.654 bits per heavy atom. The smallest absolute Gasteiger partial charge is 0.0547 e. The molecule has 0 saturated heterocycles. The number of nitrogens with zero attached hydrogens (tertiary/aromatic N) is 5. The van der Waals surface area contributed by atoms with Crippen molar-refractivity contribution in [2.75, 3.05) is 14.1 Å². The van der Waals surface area contributed by atoms with Gasteiger partial charge in [-0.2, -0.15) is 0 Å². The third kappa shape index (κ3) is 5.72. The lowest BCUT2D eigenvalue weighted by molar-refractivity contribution is 0.305. The van der Waals surface area contributed by atoms with Gasteiger partial charge in [0.25, 0.3) is 0 Å². The molecule has 0 aliphatic rings. The third-order valence-corrected chi connectivity index (χ3v) is 4.08. The standard InChI is InChI=1S/C21H25N5/c1-25(14-18-6-4-10-22-12-18)16-20-8-3-9-21(24-20)17-26(2)15-19-7-5-11-23-13-19/h3-13H,14-17H2,1-2H3. The second-order valence-corrected chi connectivity index (χ2v) is 6.69. The molecule has 3 rings (SSSR count). The Bertz CT molecular complexity index is 727. The van der Waals surface area contributed by atoms with Crippen molar-refractivity contribution < 1.29 is 0 Å². The number of hydrogen-bond donors (Lipinski definition) is 0. The van der Waals surface area contributed by atoms with Crippen LogP contribution in [0.25, 0.3) is 0 Å². The summed E-state index contributed by atoms with van der Waals surface area (Å²) in [6, 6.07) is 14.4. The van der Waals surface area contributed by atoms with Crippen LogP contribution in [0, 0.1) is 0 Å². The first-order chi connectivity index (χ1) is 12.7. The zero-order valence-electron chi connectivity index (χ0n) is 15.4. The predicted octanol–water partition coefficient (Wildman–Crippen LogP) is 3.14. The summed E-state index contributed by atoms with van der Waals surface area (Å²) in [4.78, 5) is 17.7. The first-order valence-corrected chi connectivity index (χ1v) is 8.79. The van der Waals surface area contributed by atoms with Gasteiger partial charge in [0, 0.05) is 51.0 Å². The van der Waals surface area contributed by atoms with E-state index in [4.69, 9.17) is 4.98 Å². The lowest BCUT2D eigenvalue weighted by atomic mass is 10.2. The second kappa shape index (κ2) is 9.17. The van der Waals surface area contributed by atoms with Crippen LogP contribution >= 0.6 is 0 Å². The summed E-state index contributed by atoms with van der Waals surface area (Å²) < 4.78 is 0. The monoisotopic (exact) mass is 347 g/mol. The fourth-order valence-electron chi connectivity index (χ4n) is 2.98. The number of pyridine rings is 3. The van der Waals surface area contributed by atoms with Crippen molar-refractivity contribution in [1.82, 2.24) is 24.8 Å². The van der Waals surface area contributed by atoms with Gasteiger partial charge in [0.2, 0.25) is 0 Å². The summed E-state index contributed by atoms with van der Waals surface area (Å²) in [6.45, 7) is 3.35. The summed E-state index contributed by atoms with van der Waals surface area (Å²) >= 11 is 0. The lowest BCUT2D eigenvalue weighted by Gasteiger charge is -2.18. The Kier molecular flexibility index (Phi) is 6.41. The molecule has 0 bridgehead atoms. The zero-order chi connectivity index (χ0) is 18.2. The van der Waals surface area contributed by atoms with Gasteiger partial charge in [-0.3, -0.25) is 24.8 Å². The average molecular weight is 347 g/mol. The van der Waals surface area contributed by atoms with Crippen LogP contribution in [-0.2, 0) is 26.2 Å². The van der Waals surface area contributed by atoms with Crippen molar-refractivity contribution in [3.8, 4) is 0 Å². The number of hydrogen-bond acceptors (Lipinski definition) is 5. The molecule has 0 radical (unpaired) electrons. The first kappa shape index (κ1) is 18.2. The summed E-state index contributed by atoms with van der Waals surface area (Å²) in [5, 5.41) is 0. The molecule has 0 fully saturated rings. The van der Waals surface area contributed by atoms with E-state index in [-0.39, 0.29) is 0 Å². The highest BCUT2D eigenvalue weighted by atomic mass is 15.1. The Hall–Kier alpha value is -2.63. The van der Waals surface area contributed by atoms with Gasteiger partial charge in [-0.15, -0.1) is 0 Å². The van der Waals surface area contributed by atoms with Crippen LogP contribution in [-0.4, -0.2) is 38.8 Å². The number of rotatable bonds is 8. The molecule has 0 amide bonds. The van der Waals surface area contributed by atoms with Crippen molar-refractivity contribution in [3.05, 3.63) is 89.8 Å². The van der Waals surface area contributed by atoms with Gasteiger partial charge >= 0.3 is 0 Å². The molecular formula is C21H25N5. The van der Waals surface area contributed by atoms with Gasteiger partial charge < -0.3 is 0 Å². The van der Waals surface area contributed by atoms with Gasteiger partial charge in [-0.25, -0.2) is 0 Å². The van der Waals surface area contributed by atoms with Crippen molar-refractivity contribution in [1.29, 1.82) is 0 Å². The molecule has 134 valence electrons. The Morgan fingerprint density at radius 3 is 1.58 bits per heavy atom. The van der Waals surface area contributed by atoms with Crippen molar-refractivity contribution in [3.63, 3.8) is 0 Å². The van der Waals surface area contributed by atoms with Gasteiger partial charge in [0.05, 0.1) is 11.4 Å². The molecule has 5 nitrogen and oxygen atoms in total. The summed E-state index contributed by atoms with van der Waals surface area (Å²) in [5.74, 6) is 0. The molecule has 3 aromatic rings. The van der Waals surface area contributed by atoms with Crippen LogP contribution in [0.5, 0.6) is 0 Å². The summed E-state index contributed by atoms with van der Waals surface area (Å²) in [6.07, 6.45) is 7.43. The molecule has 0 aliphatic carbocycles. The van der Waals surface area contributed by atoms with E-state index in [1.807, 2.05) is 24.5 Å². The molecule has 5 heteroatoms. The average Bonchev–Trinajstić information content (AvgIpc) is 2.63. The van der Waals surface area contributed by atoms with Gasteiger partial charge in [0.1, 0.15) is 0 Å². The summed E-state index contributed by atoms with van der Waals surface area (Å²) in [5.41, 5.74) is 4.59. The highest BCUT2D eigenvalue weighted by molar-refractivity contribution is 5.13. The molecule has 0 atom stereocenters. The quantitative estimate of drug-likeness (QED) is 0.626. The van der Waals surface area contributed by atoms with E-state index in [9.17, 15) is 0 Å². The first-order valence-electron chi connectivity index (χ1n) is 8.79. The highest BCUT2D eigenvalue weighted by Gasteiger charge is 2.06. The van der Waals surface area contributed by atoms with E-state index in [1.165, 1.54) is 11.1 Å². The minimum absolute atomic E-state index is 0.815. The second-order valence-electron chi connectivity index (χ2n) is 6.69. The van der Waals surface area contributed by atoms with Gasteiger partial charge in [-0.05, 0) is 49.5 Å². The Labute approximate surface area is 155 Å². The van der Waals surface area contributed by atoms with Gasteiger partial charge in [0.15, 0.2) is 0 Å². The van der Waals surface area contributed by atoms with E-state index >= 15 is 0 Å². The molecule has 0 aromatic carbocycles. The minimum atomic E-state index is 0.815. The lowest BCUT2D eigenvalue weighted by Crippen LogP contribution is -2.20. The van der Waals surface area contributed by atoms with E-state index < -0.39 is 0 Å². The van der Waals surface area contributed by atoms with Crippen LogP contribution in [0.1, 0.15) is 22.5 Å². The maximum absolute atomic E-state index is 4.82. The normalized spacial score (nSPS) is 11.2. The maximum atomic E-state index is 4.82. The van der Waals surface area contributed by atoms with Crippen LogP contribution in [0.3, 0.4) is 0 Å². The Balaban J connectivity index is 1.55. The van der Waals surface area contributed by atoms with Crippen molar-refractivity contribution in [2.24, 2.45) is 0 Å². The maximum Gasteiger partial charge on any atom is 0.0547 e. The molecule has 3 aromatic heterocycles. The fraction of sp³-hybridized carbons (Fsp3) is 0.286. The highest BCUT2D eigenvalue weighted by Crippen LogP contribution is 2.09. The Morgan fingerprint density at radius 2 is 1.15 bits per heavy atom. The SMILES string of the molecule is CN(Cc1cccnc1)Cc1cccc(CN(C)Cc2cccnc2)n1. The van der Waals surface area contributed by atoms with Crippen molar-refractivity contribution in [2.45, 2.75) is 26.2 Å². The van der Waals surface area contributed by atoms with Gasteiger partial charge in [-0.1, -0.05) is 18.2 Å². The number of aromatic nitrogens is 3. The van der Waals surface area contributed by atoms with E-state index in [0.29, 0.717) is 0 Å². The third-order valence-electron chi connectivity index (χ3n) is 4.08. The van der Waals surface area contributed by atoms with Crippen LogP contribution in [0.15, 0.2) is 67.3 Å². The topological polar surface area (TPSA) is 45.2 Å². The van der Waals surface area contributed by atoms with E-state index in [0.717, 1.165) is 37.6 Å². The summed E-state index contributed by atoms with van der Waals surface area (Å²) in [7, 11) is 4.21. The molecule has 26 heavy (non-hydrogen) atoms.